The Morgan fingerprint density at radius 1 is 1.43 bits per heavy atom. The Bertz CT molecular complexity index is 698. The van der Waals surface area contributed by atoms with E-state index in [-0.39, 0.29) is 17.4 Å². The fraction of sp³-hybridized carbons (Fsp3) is 0.385. The third-order valence-corrected chi connectivity index (χ3v) is 4.13. The van der Waals surface area contributed by atoms with Crippen molar-refractivity contribution in [2.45, 2.75) is 37.7 Å². The molecule has 1 heterocycles. The molecule has 2 aromatic rings. The number of primary sulfonamides is 1. The highest BCUT2D eigenvalue weighted by atomic mass is 32.2. The number of benzene rings is 1. The van der Waals surface area contributed by atoms with Gasteiger partial charge < -0.3 is 9.26 Å². The minimum absolute atomic E-state index is 0.0738. The molecule has 0 bridgehead atoms. The van der Waals surface area contributed by atoms with Crippen LogP contribution < -0.4 is 9.88 Å². The Kier molecular flexibility index (Phi) is 4.59. The van der Waals surface area contributed by atoms with Gasteiger partial charge in [-0.25, -0.2) is 13.6 Å². The lowest BCUT2D eigenvalue weighted by molar-refractivity contribution is 0.282. The maximum Gasteiger partial charge on any atom is 0.238 e. The number of aromatic nitrogens is 2. The van der Waals surface area contributed by atoms with Crippen LogP contribution in [0.25, 0.3) is 0 Å². The summed E-state index contributed by atoms with van der Waals surface area (Å²) in [7, 11) is -3.74. The second kappa shape index (κ2) is 6.23. The first-order valence-electron chi connectivity index (χ1n) is 6.46. The zero-order chi connectivity index (χ0) is 15.5. The standard InChI is InChI=1S/C13H17N3O4S/c1-3-9(2)11-6-10(21(14,17)18)4-5-12(11)19-7-13-15-8-20-16-13/h4-6,8-9H,3,7H2,1-2H3,(H2,14,17,18). The Balaban J connectivity index is 2.31. The maximum atomic E-state index is 11.5. The molecule has 2 N–H and O–H groups in total. The normalized spacial score (nSPS) is 13.1. The second-order valence-corrected chi connectivity index (χ2v) is 6.25. The fourth-order valence-electron chi connectivity index (χ4n) is 1.84. The van der Waals surface area contributed by atoms with Crippen LogP contribution in [0, 0.1) is 0 Å². The molecule has 0 aliphatic carbocycles. The highest BCUT2D eigenvalue weighted by Gasteiger charge is 2.16. The van der Waals surface area contributed by atoms with E-state index in [2.05, 4.69) is 14.7 Å². The first-order chi connectivity index (χ1) is 9.91. The van der Waals surface area contributed by atoms with Crippen LogP contribution >= 0.6 is 0 Å². The van der Waals surface area contributed by atoms with Crippen LogP contribution in [0.5, 0.6) is 5.75 Å². The van der Waals surface area contributed by atoms with E-state index in [1.165, 1.54) is 12.5 Å². The predicted molar refractivity (Wildman–Crippen MR) is 75.2 cm³/mol. The molecule has 1 atom stereocenters. The van der Waals surface area contributed by atoms with Crippen LogP contribution in [0.2, 0.25) is 0 Å². The molecule has 0 aliphatic rings. The summed E-state index contributed by atoms with van der Waals surface area (Å²) in [6.45, 7) is 4.15. The summed E-state index contributed by atoms with van der Waals surface area (Å²) < 4.78 is 33.2. The van der Waals surface area contributed by atoms with Crippen LogP contribution in [0.4, 0.5) is 0 Å². The van der Waals surface area contributed by atoms with Gasteiger partial charge in [0.25, 0.3) is 0 Å². The quantitative estimate of drug-likeness (QED) is 0.871. The van der Waals surface area contributed by atoms with Crippen molar-refractivity contribution in [3.8, 4) is 5.75 Å². The molecule has 0 saturated heterocycles. The van der Waals surface area contributed by atoms with Crippen molar-refractivity contribution in [3.05, 3.63) is 36.0 Å². The molecule has 114 valence electrons. The Morgan fingerprint density at radius 2 is 2.19 bits per heavy atom. The summed E-state index contributed by atoms with van der Waals surface area (Å²) in [4.78, 5) is 3.94. The molecule has 0 saturated carbocycles. The van der Waals surface area contributed by atoms with Gasteiger partial charge in [-0.05, 0) is 36.1 Å². The molecule has 21 heavy (non-hydrogen) atoms. The molecule has 0 spiro atoms. The number of sulfonamides is 1. The summed E-state index contributed by atoms with van der Waals surface area (Å²) in [5, 5.41) is 8.82. The number of nitrogens with zero attached hydrogens (tertiary/aromatic N) is 2. The molecule has 0 amide bonds. The average molecular weight is 311 g/mol. The summed E-state index contributed by atoms with van der Waals surface area (Å²) in [5.74, 6) is 1.13. The highest BCUT2D eigenvalue weighted by molar-refractivity contribution is 7.89. The minimum atomic E-state index is -3.74. The van der Waals surface area contributed by atoms with Crippen molar-refractivity contribution in [1.29, 1.82) is 0 Å². The lowest BCUT2D eigenvalue weighted by atomic mass is 9.98. The number of nitrogens with two attached hydrogens (primary N) is 1. The van der Waals surface area contributed by atoms with Crippen molar-refractivity contribution < 1.29 is 17.7 Å². The lowest BCUT2D eigenvalue weighted by Gasteiger charge is -2.16. The van der Waals surface area contributed by atoms with E-state index < -0.39 is 10.0 Å². The van der Waals surface area contributed by atoms with Crippen LogP contribution in [0.3, 0.4) is 0 Å². The summed E-state index contributed by atoms with van der Waals surface area (Å²) in [6, 6.07) is 4.57. The van der Waals surface area contributed by atoms with Gasteiger partial charge in [-0.3, -0.25) is 0 Å². The SMILES string of the molecule is CCC(C)c1cc(S(N)(=O)=O)ccc1OCc1ncon1. The third-order valence-electron chi connectivity index (χ3n) is 3.22. The van der Waals surface area contributed by atoms with Crippen molar-refractivity contribution in [1.82, 2.24) is 10.1 Å². The van der Waals surface area contributed by atoms with Gasteiger partial charge in [-0.2, -0.15) is 4.98 Å². The summed E-state index contributed by atoms with van der Waals surface area (Å²) in [5.41, 5.74) is 0.785. The van der Waals surface area contributed by atoms with Crippen LogP contribution in [-0.4, -0.2) is 18.6 Å². The number of rotatable bonds is 6. The third kappa shape index (κ3) is 3.79. The van der Waals surface area contributed by atoms with E-state index in [0.29, 0.717) is 11.6 Å². The smallest absolute Gasteiger partial charge is 0.238 e. The van der Waals surface area contributed by atoms with E-state index in [1.54, 1.807) is 12.1 Å². The molecular formula is C13H17N3O4S. The van der Waals surface area contributed by atoms with Gasteiger partial charge in [-0.15, -0.1) is 0 Å². The van der Waals surface area contributed by atoms with Crippen molar-refractivity contribution in [2.24, 2.45) is 5.14 Å². The largest absolute Gasteiger partial charge is 0.485 e. The van der Waals surface area contributed by atoms with Crippen molar-refractivity contribution in [3.63, 3.8) is 0 Å². The summed E-state index contributed by atoms with van der Waals surface area (Å²) >= 11 is 0. The van der Waals surface area contributed by atoms with Gasteiger partial charge in [0.1, 0.15) is 5.75 Å². The molecular weight excluding hydrogens is 294 g/mol. The molecule has 0 radical (unpaired) electrons. The van der Waals surface area contributed by atoms with E-state index in [1.807, 2.05) is 13.8 Å². The molecule has 0 fully saturated rings. The minimum Gasteiger partial charge on any atom is -0.485 e. The van der Waals surface area contributed by atoms with E-state index in [9.17, 15) is 8.42 Å². The number of hydrogen-bond acceptors (Lipinski definition) is 6. The van der Waals surface area contributed by atoms with Gasteiger partial charge in [0, 0.05) is 0 Å². The highest BCUT2D eigenvalue weighted by Crippen LogP contribution is 2.31. The van der Waals surface area contributed by atoms with Crippen LogP contribution in [0.1, 0.15) is 37.6 Å². The first-order valence-corrected chi connectivity index (χ1v) is 8.01. The van der Waals surface area contributed by atoms with Gasteiger partial charge in [-0.1, -0.05) is 19.0 Å². The van der Waals surface area contributed by atoms with Gasteiger partial charge in [0.05, 0.1) is 4.90 Å². The van der Waals surface area contributed by atoms with E-state index >= 15 is 0 Å². The van der Waals surface area contributed by atoms with Gasteiger partial charge in [0.2, 0.25) is 22.2 Å². The first kappa shape index (κ1) is 15.5. The Hall–Kier alpha value is -1.93. The topological polar surface area (TPSA) is 108 Å². The molecule has 1 unspecified atom stereocenters. The molecule has 8 heteroatoms. The number of hydrogen-bond donors (Lipinski definition) is 1. The van der Waals surface area contributed by atoms with Crippen LogP contribution in [0.15, 0.2) is 34.0 Å². The Morgan fingerprint density at radius 3 is 2.76 bits per heavy atom. The van der Waals surface area contributed by atoms with Crippen molar-refractivity contribution in [2.75, 3.05) is 0 Å². The molecule has 1 aromatic carbocycles. The zero-order valence-electron chi connectivity index (χ0n) is 11.8. The second-order valence-electron chi connectivity index (χ2n) is 4.69. The molecule has 7 nitrogen and oxygen atoms in total. The molecule has 1 aromatic heterocycles. The van der Waals surface area contributed by atoms with Crippen molar-refractivity contribution >= 4 is 10.0 Å². The van der Waals surface area contributed by atoms with Crippen LogP contribution in [-0.2, 0) is 16.6 Å². The lowest BCUT2D eigenvalue weighted by Crippen LogP contribution is -2.13. The number of ether oxygens (including phenoxy) is 1. The maximum absolute atomic E-state index is 11.5. The predicted octanol–water partition coefficient (Wildman–Crippen LogP) is 1.81. The Labute approximate surface area is 123 Å². The molecule has 0 aliphatic heterocycles. The van der Waals surface area contributed by atoms with E-state index in [4.69, 9.17) is 9.88 Å². The monoisotopic (exact) mass is 311 g/mol. The average Bonchev–Trinajstić information content (AvgIpc) is 2.96. The zero-order valence-corrected chi connectivity index (χ0v) is 12.6. The van der Waals surface area contributed by atoms with Gasteiger partial charge >= 0.3 is 0 Å². The summed E-state index contributed by atoms with van der Waals surface area (Å²) in [6.07, 6.45) is 2.06. The van der Waals surface area contributed by atoms with E-state index in [0.717, 1.165) is 12.0 Å². The molecule has 2 rings (SSSR count). The fourth-order valence-corrected chi connectivity index (χ4v) is 2.39. The van der Waals surface area contributed by atoms with Gasteiger partial charge in [0.15, 0.2) is 6.61 Å².